The predicted octanol–water partition coefficient (Wildman–Crippen LogP) is 7.42. The Labute approximate surface area is 221 Å². The lowest BCUT2D eigenvalue weighted by Crippen LogP contribution is -2.30. The number of carbonyl (C=O) groups is 1. The summed E-state index contributed by atoms with van der Waals surface area (Å²) in [5.74, 6) is -0.426. The molecule has 0 amide bonds. The van der Waals surface area contributed by atoms with Crippen LogP contribution in [0.15, 0.2) is 108 Å². The number of aliphatic hydroxyl groups is 1. The van der Waals surface area contributed by atoms with Crippen molar-refractivity contribution in [2.45, 2.75) is 64.0 Å². The number of aliphatic imine (C=N–C) groups is 1. The van der Waals surface area contributed by atoms with Crippen LogP contribution in [-0.2, 0) is 4.74 Å². The minimum atomic E-state index is -0.883. The van der Waals surface area contributed by atoms with E-state index in [2.05, 4.69) is 6.92 Å². The van der Waals surface area contributed by atoms with Crippen molar-refractivity contribution < 1.29 is 14.6 Å². The van der Waals surface area contributed by atoms with Gasteiger partial charge in [-0.15, -0.1) is 0 Å². The van der Waals surface area contributed by atoms with Gasteiger partial charge >= 0.3 is 5.97 Å². The summed E-state index contributed by atoms with van der Waals surface area (Å²) in [4.78, 5) is 17.6. The molecule has 0 saturated heterocycles. The summed E-state index contributed by atoms with van der Waals surface area (Å²) in [6, 6.07) is 28.0. The third-order valence-corrected chi connectivity index (χ3v) is 6.24. The van der Waals surface area contributed by atoms with Gasteiger partial charge in [0.1, 0.15) is 12.6 Å². The average molecular weight is 498 g/mol. The largest absolute Gasteiger partial charge is 0.460 e. The molecule has 0 fully saturated rings. The van der Waals surface area contributed by atoms with Crippen LogP contribution in [0.4, 0.5) is 0 Å². The van der Waals surface area contributed by atoms with Gasteiger partial charge in [0.05, 0.1) is 17.4 Å². The summed E-state index contributed by atoms with van der Waals surface area (Å²) in [7, 11) is 0. The lowest BCUT2D eigenvalue weighted by atomic mass is 10.0. The van der Waals surface area contributed by atoms with Crippen molar-refractivity contribution in [1.82, 2.24) is 0 Å². The lowest BCUT2D eigenvalue weighted by molar-refractivity contribution is 0.0420. The van der Waals surface area contributed by atoms with Crippen LogP contribution < -0.4 is 0 Å². The third-order valence-electron chi connectivity index (χ3n) is 6.24. The fourth-order valence-electron chi connectivity index (χ4n) is 4.11. The molecule has 0 aliphatic rings. The minimum Gasteiger partial charge on any atom is -0.460 e. The van der Waals surface area contributed by atoms with Gasteiger partial charge < -0.3 is 9.84 Å². The first kappa shape index (κ1) is 28.1. The topological polar surface area (TPSA) is 58.9 Å². The van der Waals surface area contributed by atoms with Crippen LogP contribution in [0.25, 0.3) is 0 Å². The smallest absolute Gasteiger partial charge is 0.338 e. The number of hydrogen-bond donors (Lipinski definition) is 1. The van der Waals surface area contributed by atoms with Crippen molar-refractivity contribution in [3.05, 3.63) is 120 Å². The Morgan fingerprint density at radius 3 is 1.86 bits per heavy atom. The number of allylic oxidation sites excluding steroid dienone is 1. The molecule has 37 heavy (non-hydrogen) atoms. The molecule has 3 rings (SSSR count). The molecule has 0 aromatic heterocycles. The van der Waals surface area contributed by atoms with Gasteiger partial charge in [-0.25, -0.2) is 4.79 Å². The highest BCUT2D eigenvalue weighted by atomic mass is 16.5. The SMILES string of the molecule is CCCCCCCC/C=C/[C@H](O)[C@H](COC(=O)c1ccccc1)N=C(c1ccccc1)c1ccccc1. The molecule has 0 unspecified atom stereocenters. The normalized spacial score (nSPS) is 12.7. The predicted molar refractivity (Wildman–Crippen MR) is 152 cm³/mol. The number of esters is 1. The van der Waals surface area contributed by atoms with Gasteiger partial charge in [-0.2, -0.15) is 0 Å². The van der Waals surface area contributed by atoms with Crippen LogP contribution in [0.3, 0.4) is 0 Å². The van der Waals surface area contributed by atoms with Gasteiger partial charge in [-0.3, -0.25) is 4.99 Å². The van der Waals surface area contributed by atoms with Gasteiger partial charge in [-0.05, 0) is 25.0 Å². The van der Waals surface area contributed by atoms with E-state index in [1.807, 2.05) is 72.8 Å². The number of carbonyl (C=O) groups excluding carboxylic acids is 1. The highest BCUT2D eigenvalue weighted by Crippen LogP contribution is 2.16. The second kappa shape index (κ2) is 16.3. The highest BCUT2D eigenvalue weighted by Gasteiger charge is 2.21. The first-order chi connectivity index (χ1) is 18.2. The summed E-state index contributed by atoms with van der Waals surface area (Å²) in [5, 5.41) is 11.1. The second-order valence-electron chi connectivity index (χ2n) is 9.22. The Hall–Kier alpha value is -3.50. The molecule has 0 heterocycles. The molecule has 0 radical (unpaired) electrons. The Morgan fingerprint density at radius 2 is 1.30 bits per heavy atom. The lowest BCUT2D eigenvalue weighted by Gasteiger charge is -2.19. The summed E-state index contributed by atoms with van der Waals surface area (Å²) < 4.78 is 5.63. The van der Waals surface area contributed by atoms with Gasteiger partial charge in [0.25, 0.3) is 0 Å². The Balaban J connectivity index is 1.78. The molecule has 2 atom stereocenters. The molecular formula is C33H39NO3. The second-order valence-corrected chi connectivity index (χ2v) is 9.22. The van der Waals surface area contributed by atoms with E-state index in [4.69, 9.17) is 9.73 Å². The molecule has 0 aliphatic heterocycles. The van der Waals surface area contributed by atoms with E-state index < -0.39 is 18.1 Å². The van der Waals surface area contributed by atoms with Gasteiger partial charge in [-0.1, -0.05) is 130 Å². The number of hydrogen-bond acceptors (Lipinski definition) is 4. The van der Waals surface area contributed by atoms with E-state index >= 15 is 0 Å². The molecule has 0 saturated carbocycles. The molecule has 3 aromatic rings. The summed E-state index contributed by atoms with van der Waals surface area (Å²) in [5.41, 5.74) is 3.11. The molecule has 4 nitrogen and oxygen atoms in total. The van der Waals surface area contributed by atoms with Crippen molar-refractivity contribution in [3.63, 3.8) is 0 Å². The maximum atomic E-state index is 12.6. The van der Waals surface area contributed by atoms with Crippen molar-refractivity contribution in [3.8, 4) is 0 Å². The summed E-state index contributed by atoms with van der Waals surface area (Å²) in [6.07, 6.45) is 11.2. The first-order valence-corrected chi connectivity index (χ1v) is 13.4. The number of rotatable bonds is 15. The molecule has 0 bridgehead atoms. The Morgan fingerprint density at radius 1 is 0.784 bits per heavy atom. The Bertz CT molecular complexity index is 1050. The summed E-state index contributed by atoms with van der Waals surface area (Å²) in [6.45, 7) is 2.20. The van der Waals surface area contributed by atoms with Crippen LogP contribution in [-0.4, -0.2) is 35.5 Å². The van der Waals surface area contributed by atoms with Crippen molar-refractivity contribution in [1.29, 1.82) is 0 Å². The van der Waals surface area contributed by atoms with E-state index in [0.29, 0.717) is 5.56 Å². The van der Waals surface area contributed by atoms with Crippen molar-refractivity contribution in [2.75, 3.05) is 6.61 Å². The molecule has 194 valence electrons. The standard InChI is InChI=1S/C33H39NO3/c1-2-3-4-5-6-7-8-18-25-31(35)30(26-37-33(36)29-23-16-11-17-24-29)34-32(27-19-12-9-13-20-27)28-21-14-10-15-22-28/h9-25,30-31,35H,2-8,26H2,1H3/b25-18+/t30-,31-/m0/s1. The number of ether oxygens (including phenoxy) is 1. The van der Waals surface area contributed by atoms with E-state index in [1.165, 1.54) is 32.1 Å². The summed E-state index contributed by atoms with van der Waals surface area (Å²) >= 11 is 0. The van der Waals surface area contributed by atoms with Crippen LogP contribution in [0, 0.1) is 0 Å². The van der Waals surface area contributed by atoms with E-state index in [-0.39, 0.29) is 6.61 Å². The minimum absolute atomic E-state index is 0.0284. The quantitative estimate of drug-likeness (QED) is 0.103. The van der Waals surface area contributed by atoms with Crippen molar-refractivity contribution in [2.24, 2.45) is 4.99 Å². The maximum absolute atomic E-state index is 12.6. The molecule has 3 aromatic carbocycles. The molecule has 1 N–H and O–H groups in total. The first-order valence-electron chi connectivity index (χ1n) is 13.4. The van der Waals surface area contributed by atoms with Crippen LogP contribution in [0.2, 0.25) is 0 Å². The highest BCUT2D eigenvalue weighted by molar-refractivity contribution is 6.13. The van der Waals surface area contributed by atoms with Crippen LogP contribution >= 0.6 is 0 Å². The number of nitrogens with zero attached hydrogens (tertiary/aromatic N) is 1. The third kappa shape index (κ3) is 9.82. The number of unbranched alkanes of at least 4 members (excludes halogenated alkanes) is 6. The molecule has 4 heteroatoms. The Kier molecular flexibility index (Phi) is 12.4. The van der Waals surface area contributed by atoms with Gasteiger partial charge in [0.2, 0.25) is 0 Å². The monoisotopic (exact) mass is 497 g/mol. The molecular weight excluding hydrogens is 458 g/mol. The molecule has 0 spiro atoms. The fraction of sp³-hybridized carbons (Fsp3) is 0.333. The zero-order valence-corrected chi connectivity index (χ0v) is 21.8. The molecule has 0 aliphatic carbocycles. The van der Waals surface area contributed by atoms with E-state index in [0.717, 1.165) is 29.7 Å². The van der Waals surface area contributed by atoms with E-state index in [9.17, 15) is 9.90 Å². The average Bonchev–Trinajstić information content (AvgIpc) is 2.95. The zero-order valence-electron chi connectivity index (χ0n) is 21.8. The number of aliphatic hydroxyl groups excluding tert-OH is 1. The van der Waals surface area contributed by atoms with E-state index in [1.54, 1.807) is 30.3 Å². The zero-order chi connectivity index (χ0) is 26.1. The van der Waals surface area contributed by atoms with Crippen molar-refractivity contribution >= 4 is 11.7 Å². The van der Waals surface area contributed by atoms with Gasteiger partial charge in [0.15, 0.2) is 0 Å². The van der Waals surface area contributed by atoms with Crippen LogP contribution in [0.1, 0.15) is 73.4 Å². The van der Waals surface area contributed by atoms with Gasteiger partial charge in [0, 0.05) is 11.1 Å². The van der Waals surface area contributed by atoms with Crippen LogP contribution in [0.5, 0.6) is 0 Å². The number of benzene rings is 3. The fourth-order valence-corrected chi connectivity index (χ4v) is 4.11. The maximum Gasteiger partial charge on any atom is 0.338 e.